The Morgan fingerprint density at radius 3 is 3.06 bits per heavy atom. The molecular weight excluding hydrogens is 246 g/mol. The zero-order valence-electron chi connectivity index (χ0n) is 10.1. The summed E-state index contributed by atoms with van der Waals surface area (Å²) < 4.78 is 0. The Bertz CT molecular complexity index is 511. The molecule has 0 aliphatic rings. The van der Waals surface area contributed by atoms with Crippen LogP contribution in [0.25, 0.3) is 0 Å². The van der Waals surface area contributed by atoms with Crippen LogP contribution in [0.15, 0.2) is 35.2 Å². The highest BCUT2D eigenvalue weighted by molar-refractivity contribution is 7.07. The number of carbonyl (C=O) groups excluding carboxylic acids is 1. The minimum atomic E-state index is -0.152. The van der Waals surface area contributed by atoms with Crippen molar-refractivity contribution >= 4 is 22.9 Å². The summed E-state index contributed by atoms with van der Waals surface area (Å²) in [6.45, 7) is 3.37. The molecule has 0 aliphatic heterocycles. The van der Waals surface area contributed by atoms with Crippen molar-refractivity contribution in [2.24, 2.45) is 0 Å². The normalized spacial score (nSPS) is 10.1. The van der Waals surface area contributed by atoms with Gasteiger partial charge in [0, 0.05) is 25.0 Å². The Morgan fingerprint density at radius 2 is 2.33 bits per heavy atom. The maximum atomic E-state index is 11.9. The first-order valence-corrected chi connectivity index (χ1v) is 6.73. The van der Waals surface area contributed by atoms with E-state index in [0.717, 1.165) is 17.8 Å². The van der Waals surface area contributed by atoms with Gasteiger partial charge in [-0.3, -0.25) is 9.78 Å². The van der Waals surface area contributed by atoms with Gasteiger partial charge in [0.2, 0.25) is 0 Å². The number of hydrogen-bond acceptors (Lipinski definition) is 4. The lowest BCUT2D eigenvalue weighted by atomic mass is 10.3. The van der Waals surface area contributed by atoms with E-state index >= 15 is 0 Å². The highest BCUT2D eigenvalue weighted by Crippen LogP contribution is 2.08. The van der Waals surface area contributed by atoms with E-state index in [-0.39, 0.29) is 5.91 Å². The Hall–Kier alpha value is -1.88. The van der Waals surface area contributed by atoms with Crippen molar-refractivity contribution in [3.8, 4) is 0 Å². The van der Waals surface area contributed by atoms with E-state index in [2.05, 4.69) is 15.6 Å². The minimum Gasteiger partial charge on any atom is -0.385 e. The average Bonchev–Trinajstić information content (AvgIpc) is 2.90. The monoisotopic (exact) mass is 261 g/mol. The molecule has 0 spiro atoms. The minimum absolute atomic E-state index is 0.152. The molecule has 0 saturated heterocycles. The van der Waals surface area contributed by atoms with Gasteiger partial charge in [0.25, 0.3) is 5.91 Å². The number of nitrogens with one attached hydrogen (secondary N) is 2. The lowest BCUT2D eigenvalue weighted by Gasteiger charge is -2.06. The topological polar surface area (TPSA) is 54.0 Å². The Labute approximate surface area is 110 Å². The molecule has 2 rings (SSSR count). The lowest BCUT2D eigenvalue weighted by molar-refractivity contribution is 0.0946. The third kappa shape index (κ3) is 3.30. The molecule has 2 aromatic rings. The maximum absolute atomic E-state index is 11.9. The molecule has 2 aromatic heterocycles. The van der Waals surface area contributed by atoms with Gasteiger partial charge < -0.3 is 10.6 Å². The molecule has 1 amide bonds. The molecule has 94 valence electrons. The summed E-state index contributed by atoms with van der Waals surface area (Å²) in [5.41, 5.74) is 2.45. The van der Waals surface area contributed by atoms with E-state index < -0.39 is 0 Å². The number of amides is 1. The summed E-state index contributed by atoms with van der Waals surface area (Å²) >= 11 is 1.62. The zero-order valence-corrected chi connectivity index (χ0v) is 11.0. The van der Waals surface area contributed by atoms with Crippen LogP contribution in [0.2, 0.25) is 0 Å². The quantitative estimate of drug-likeness (QED) is 0.869. The van der Waals surface area contributed by atoms with Crippen LogP contribution in [0.5, 0.6) is 0 Å². The maximum Gasteiger partial charge on any atom is 0.270 e. The summed E-state index contributed by atoms with van der Waals surface area (Å²) in [5, 5.41) is 10.0. The van der Waals surface area contributed by atoms with Crippen LogP contribution < -0.4 is 10.6 Å². The van der Waals surface area contributed by atoms with Gasteiger partial charge in [0.1, 0.15) is 5.69 Å². The number of hydrogen-bond donors (Lipinski definition) is 2. The molecule has 0 bridgehead atoms. The van der Waals surface area contributed by atoms with E-state index in [1.165, 1.54) is 0 Å². The number of aromatic nitrogens is 1. The zero-order chi connectivity index (χ0) is 12.8. The smallest absolute Gasteiger partial charge is 0.270 e. The second-order valence-corrected chi connectivity index (χ2v) is 4.55. The predicted molar refractivity (Wildman–Crippen MR) is 73.9 cm³/mol. The molecular formula is C13H15N3OS. The van der Waals surface area contributed by atoms with Crippen LogP contribution in [0, 0.1) is 0 Å². The van der Waals surface area contributed by atoms with Gasteiger partial charge in [-0.2, -0.15) is 11.3 Å². The van der Waals surface area contributed by atoms with Crippen molar-refractivity contribution < 1.29 is 4.79 Å². The van der Waals surface area contributed by atoms with Gasteiger partial charge >= 0.3 is 0 Å². The third-order valence-corrected chi connectivity index (χ3v) is 3.14. The van der Waals surface area contributed by atoms with Crippen LogP contribution >= 0.6 is 11.3 Å². The van der Waals surface area contributed by atoms with Gasteiger partial charge in [-0.25, -0.2) is 0 Å². The van der Waals surface area contributed by atoms with Crippen molar-refractivity contribution in [2.45, 2.75) is 13.5 Å². The van der Waals surface area contributed by atoms with Gasteiger partial charge in [-0.1, -0.05) is 0 Å². The molecule has 0 aromatic carbocycles. The number of pyridine rings is 1. The molecule has 2 N–H and O–H groups in total. The van der Waals surface area contributed by atoms with Crippen LogP contribution in [0.4, 0.5) is 5.69 Å². The predicted octanol–water partition coefficient (Wildman–Crippen LogP) is 2.50. The Morgan fingerprint density at radius 1 is 1.44 bits per heavy atom. The van der Waals surface area contributed by atoms with Crippen LogP contribution in [0.3, 0.4) is 0 Å². The highest BCUT2D eigenvalue weighted by Gasteiger charge is 2.07. The number of rotatable bonds is 5. The SMILES string of the molecule is CCNc1ccnc(C(=O)NCc2ccsc2)c1. The number of nitrogens with zero attached hydrogens (tertiary/aromatic N) is 1. The van der Waals surface area contributed by atoms with Crippen molar-refractivity contribution in [3.63, 3.8) is 0 Å². The molecule has 0 fully saturated rings. The van der Waals surface area contributed by atoms with Crippen molar-refractivity contribution in [3.05, 3.63) is 46.4 Å². The van der Waals surface area contributed by atoms with Crippen LogP contribution in [-0.2, 0) is 6.54 Å². The fraction of sp³-hybridized carbons (Fsp3) is 0.231. The second-order valence-electron chi connectivity index (χ2n) is 3.77. The van der Waals surface area contributed by atoms with Gasteiger partial charge in [0.15, 0.2) is 0 Å². The van der Waals surface area contributed by atoms with E-state index in [1.807, 2.05) is 29.8 Å². The molecule has 0 radical (unpaired) electrons. The number of anilines is 1. The summed E-state index contributed by atoms with van der Waals surface area (Å²) in [6.07, 6.45) is 1.64. The fourth-order valence-corrected chi connectivity index (χ4v) is 2.20. The molecule has 0 aliphatic carbocycles. The second kappa shape index (κ2) is 6.16. The molecule has 2 heterocycles. The van der Waals surface area contributed by atoms with E-state index in [9.17, 15) is 4.79 Å². The average molecular weight is 261 g/mol. The first-order valence-electron chi connectivity index (χ1n) is 5.79. The molecule has 0 atom stereocenters. The van der Waals surface area contributed by atoms with Crippen LogP contribution in [0.1, 0.15) is 23.0 Å². The summed E-state index contributed by atoms with van der Waals surface area (Å²) in [7, 11) is 0. The number of carbonyl (C=O) groups is 1. The van der Waals surface area contributed by atoms with E-state index in [1.54, 1.807) is 23.6 Å². The number of thiophene rings is 1. The largest absolute Gasteiger partial charge is 0.385 e. The third-order valence-electron chi connectivity index (χ3n) is 2.41. The van der Waals surface area contributed by atoms with Crippen molar-refractivity contribution in [2.75, 3.05) is 11.9 Å². The standard InChI is InChI=1S/C13H15N3OS/c1-2-14-11-3-5-15-12(7-11)13(17)16-8-10-4-6-18-9-10/h3-7,9H,2,8H2,1H3,(H,14,15)(H,16,17). The van der Waals surface area contributed by atoms with Crippen molar-refractivity contribution in [1.82, 2.24) is 10.3 Å². The molecule has 5 heteroatoms. The summed E-state index contributed by atoms with van der Waals surface area (Å²) in [6, 6.07) is 5.60. The molecule has 0 unspecified atom stereocenters. The van der Waals surface area contributed by atoms with Gasteiger partial charge in [-0.05, 0) is 41.4 Å². The van der Waals surface area contributed by atoms with Crippen LogP contribution in [-0.4, -0.2) is 17.4 Å². The fourth-order valence-electron chi connectivity index (χ4n) is 1.53. The summed E-state index contributed by atoms with van der Waals surface area (Å²) in [5.74, 6) is -0.152. The lowest BCUT2D eigenvalue weighted by Crippen LogP contribution is -2.23. The molecule has 4 nitrogen and oxygen atoms in total. The first-order chi connectivity index (χ1) is 8.79. The molecule has 0 saturated carbocycles. The van der Waals surface area contributed by atoms with E-state index in [0.29, 0.717) is 12.2 Å². The van der Waals surface area contributed by atoms with E-state index in [4.69, 9.17) is 0 Å². The van der Waals surface area contributed by atoms with Crippen molar-refractivity contribution in [1.29, 1.82) is 0 Å². The Kier molecular flexibility index (Phi) is 4.30. The summed E-state index contributed by atoms with van der Waals surface area (Å²) in [4.78, 5) is 16.0. The van der Waals surface area contributed by atoms with Gasteiger partial charge in [0.05, 0.1) is 0 Å². The highest BCUT2D eigenvalue weighted by atomic mass is 32.1. The Balaban J connectivity index is 1.97. The first kappa shape index (κ1) is 12.6. The van der Waals surface area contributed by atoms with Gasteiger partial charge in [-0.15, -0.1) is 0 Å². The molecule has 18 heavy (non-hydrogen) atoms.